The predicted octanol–water partition coefficient (Wildman–Crippen LogP) is 5.35. The maximum atomic E-state index is 15.4. The lowest BCUT2D eigenvalue weighted by molar-refractivity contribution is -0.160. The first-order valence-corrected chi connectivity index (χ1v) is 10.6. The Bertz CT molecular complexity index is 1110. The molecule has 5 nitrogen and oxygen atoms in total. The first-order chi connectivity index (χ1) is 15.4. The van der Waals surface area contributed by atoms with Crippen molar-refractivity contribution in [2.24, 2.45) is 5.41 Å². The van der Waals surface area contributed by atoms with Crippen LogP contribution in [0.15, 0.2) is 30.3 Å². The molecule has 1 aliphatic heterocycles. The fraction of sp³-hybridized carbons (Fsp3) is 0.417. The third kappa shape index (κ3) is 4.54. The molecule has 4 rings (SSSR count). The van der Waals surface area contributed by atoms with E-state index in [0.29, 0.717) is 11.1 Å². The van der Waals surface area contributed by atoms with Crippen LogP contribution in [0.25, 0.3) is 0 Å². The van der Waals surface area contributed by atoms with Gasteiger partial charge in [0.2, 0.25) is 11.8 Å². The van der Waals surface area contributed by atoms with Crippen molar-refractivity contribution in [3.63, 3.8) is 0 Å². The molecule has 1 atom stereocenters. The summed E-state index contributed by atoms with van der Waals surface area (Å²) < 4.78 is 60.7. The zero-order chi connectivity index (χ0) is 24.1. The average Bonchev–Trinajstić information content (AvgIpc) is 2.69. The second-order valence-electron chi connectivity index (χ2n) is 9.29. The second-order valence-corrected chi connectivity index (χ2v) is 9.29. The highest BCUT2D eigenvalue weighted by atomic mass is 19.3. The standard InChI is InChI=1S/C24H24F4N2O3/c1-13-8-17-21(19(26)20(13)29-18(31)9-23(3)11-24(27,28)12-23)33-14(2)22(32)30(17)10-15-4-6-16(25)7-5-15/h4-8,14H,9-12H2,1-3H3,(H,29,31). The van der Waals surface area contributed by atoms with Gasteiger partial charge in [0.25, 0.3) is 5.91 Å². The summed E-state index contributed by atoms with van der Waals surface area (Å²) in [7, 11) is 0. The average molecular weight is 464 g/mol. The molecule has 2 aliphatic rings. The Morgan fingerprint density at radius 3 is 2.45 bits per heavy atom. The number of hydrogen-bond donors (Lipinski definition) is 1. The number of anilines is 2. The Balaban J connectivity index is 1.60. The summed E-state index contributed by atoms with van der Waals surface area (Å²) in [6.45, 7) is 4.73. The molecule has 2 amide bonds. The van der Waals surface area contributed by atoms with Gasteiger partial charge in [0.1, 0.15) is 5.82 Å². The molecule has 176 valence electrons. The Hall–Kier alpha value is -3.10. The Labute approximate surface area is 188 Å². The molecule has 2 aromatic carbocycles. The third-order valence-corrected chi connectivity index (χ3v) is 6.07. The van der Waals surface area contributed by atoms with Gasteiger partial charge < -0.3 is 15.0 Å². The van der Waals surface area contributed by atoms with E-state index < -0.39 is 35.0 Å². The maximum absolute atomic E-state index is 15.4. The van der Waals surface area contributed by atoms with Gasteiger partial charge in [0.05, 0.1) is 17.9 Å². The van der Waals surface area contributed by atoms with Crippen LogP contribution in [0.1, 0.15) is 44.2 Å². The molecule has 0 saturated heterocycles. The molecular weight excluding hydrogens is 440 g/mol. The third-order valence-electron chi connectivity index (χ3n) is 6.07. The molecule has 2 aromatic rings. The Morgan fingerprint density at radius 1 is 1.21 bits per heavy atom. The predicted molar refractivity (Wildman–Crippen MR) is 114 cm³/mol. The molecule has 9 heteroatoms. The van der Waals surface area contributed by atoms with Gasteiger partial charge in [-0.3, -0.25) is 9.59 Å². The van der Waals surface area contributed by atoms with Crippen LogP contribution in [0.5, 0.6) is 5.75 Å². The quantitative estimate of drug-likeness (QED) is 0.607. The number of ether oxygens (including phenoxy) is 1. The van der Waals surface area contributed by atoms with Crippen molar-refractivity contribution in [1.29, 1.82) is 0 Å². The molecule has 0 spiro atoms. The Kier molecular flexibility index (Phi) is 5.62. The van der Waals surface area contributed by atoms with Crippen molar-refractivity contribution in [2.75, 3.05) is 10.2 Å². The van der Waals surface area contributed by atoms with Gasteiger partial charge in [-0.1, -0.05) is 19.1 Å². The van der Waals surface area contributed by atoms with Crippen LogP contribution in [0.2, 0.25) is 0 Å². The van der Waals surface area contributed by atoms with Crippen molar-refractivity contribution in [3.8, 4) is 5.75 Å². The van der Waals surface area contributed by atoms with E-state index in [9.17, 15) is 22.8 Å². The summed E-state index contributed by atoms with van der Waals surface area (Å²) in [5.41, 5.74) is 0.234. The number of fused-ring (bicyclic) bond motifs is 1. The molecule has 33 heavy (non-hydrogen) atoms. The lowest BCUT2D eigenvalue weighted by Crippen LogP contribution is -2.46. The van der Waals surface area contributed by atoms with E-state index in [1.54, 1.807) is 13.8 Å². The normalized spacial score (nSPS) is 20.5. The fourth-order valence-corrected chi connectivity index (χ4v) is 4.60. The number of hydrogen-bond acceptors (Lipinski definition) is 3. The lowest BCUT2D eigenvalue weighted by atomic mass is 9.65. The zero-order valence-corrected chi connectivity index (χ0v) is 18.5. The van der Waals surface area contributed by atoms with Crippen molar-refractivity contribution in [1.82, 2.24) is 0 Å². The van der Waals surface area contributed by atoms with Crippen LogP contribution in [-0.2, 0) is 16.1 Å². The van der Waals surface area contributed by atoms with Crippen molar-refractivity contribution < 1.29 is 31.9 Å². The second kappa shape index (κ2) is 8.04. The first-order valence-electron chi connectivity index (χ1n) is 10.6. The number of halogens is 4. The van der Waals surface area contributed by atoms with Crippen molar-refractivity contribution in [3.05, 3.63) is 53.1 Å². The topological polar surface area (TPSA) is 58.6 Å². The van der Waals surface area contributed by atoms with Gasteiger partial charge in [-0.2, -0.15) is 0 Å². The van der Waals surface area contributed by atoms with Crippen LogP contribution in [0, 0.1) is 24.0 Å². The highest BCUT2D eigenvalue weighted by Crippen LogP contribution is 2.53. The number of rotatable bonds is 5. The molecule has 0 radical (unpaired) electrons. The summed E-state index contributed by atoms with van der Waals surface area (Å²) in [5.74, 6) is -5.17. The molecule has 1 unspecified atom stereocenters. The minimum Gasteiger partial charge on any atom is -0.476 e. The smallest absolute Gasteiger partial charge is 0.268 e. The number of nitrogens with one attached hydrogen (secondary N) is 1. The SMILES string of the molecule is Cc1cc2c(c(F)c1NC(=O)CC1(C)CC(F)(F)C1)OC(C)C(=O)N2Cc1ccc(F)cc1. The molecule has 1 fully saturated rings. The van der Waals surface area contributed by atoms with Crippen LogP contribution in [0.4, 0.5) is 28.9 Å². The molecule has 0 bridgehead atoms. The minimum atomic E-state index is -2.77. The number of benzene rings is 2. The van der Waals surface area contributed by atoms with E-state index in [4.69, 9.17) is 4.74 Å². The summed E-state index contributed by atoms with van der Waals surface area (Å²) in [6.07, 6.45) is -1.92. The summed E-state index contributed by atoms with van der Waals surface area (Å²) in [4.78, 5) is 26.6. The summed E-state index contributed by atoms with van der Waals surface area (Å²) in [5, 5.41) is 2.49. The molecule has 1 N–H and O–H groups in total. The van der Waals surface area contributed by atoms with Crippen LogP contribution in [-0.4, -0.2) is 23.8 Å². The number of carbonyl (C=O) groups is 2. The first kappa shape index (κ1) is 23.1. The molecule has 1 saturated carbocycles. The summed E-state index contributed by atoms with van der Waals surface area (Å²) in [6, 6.07) is 7.14. The molecular formula is C24H24F4N2O3. The van der Waals surface area contributed by atoms with Crippen molar-refractivity contribution >= 4 is 23.2 Å². The van der Waals surface area contributed by atoms with E-state index in [-0.39, 0.29) is 48.8 Å². The number of nitrogens with zero attached hydrogens (tertiary/aromatic N) is 1. The van der Waals surface area contributed by atoms with E-state index in [0.717, 1.165) is 0 Å². The lowest BCUT2D eigenvalue weighted by Gasteiger charge is -2.44. The highest BCUT2D eigenvalue weighted by Gasteiger charge is 2.54. The number of carbonyl (C=O) groups excluding carboxylic acids is 2. The van der Waals surface area contributed by atoms with Gasteiger partial charge in [0, 0.05) is 19.3 Å². The van der Waals surface area contributed by atoms with Gasteiger partial charge in [-0.25, -0.2) is 17.6 Å². The summed E-state index contributed by atoms with van der Waals surface area (Å²) >= 11 is 0. The zero-order valence-electron chi connectivity index (χ0n) is 18.5. The van der Waals surface area contributed by atoms with E-state index in [1.165, 1.54) is 42.2 Å². The van der Waals surface area contributed by atoms with Crippen LogP contribution < -0.4 is 15.0 Å². The van der Waals surface area contributed by atoms with Gasteiger partial charge in [-0.05, 0) is 48.6 Å². The van der Waals surface area contributed by atoms with E-state index in [1.807, 2.05) is 0 Å². The van der Waals surface area contributed by atoms with Crippen LogP contribution >= 0.6 is 0 Å². The minimum absolute atomic E-state index is 0.0803. The van der Waals surface area contributed by atoms with Crippen LogP contribution in [0.3, 0.4) is 0 Å². The highest BCUT2D eigenvalue weighted by molar-refractivity contribution is 6.01. The van der Waals surface area contributed by atoms with Crippen molar-refractivity contribution in [2.45, 2.75) is 58.6 Å². The Morgan fingerprint density at radius 2 is 1.85 bits per heavy atom. The fourth-order valence-electron chi connectivity index (χ4n) is 4.60. The maximum Gasteiger partial charge on any atom is 0.268 e. The number of amides is 2. The van der Waals surface area contributed by atoms with E-state index in [2.05, 4.69) is 5.32 Å². The van der Waals surface area contributed by atoms with Gasteiger partial charge >= 0.3 is 0 Å². The molecule has 0 aromatic heterocycles. The number of alkyl halides is 2. The van der Waals surface area contributed by atoms with Gasteiger partial charge in [0.15, 0.2) is 17.7 Å². The number of aryl methyl sites for hydroxylation is 1. The largest absolute Gasteiger partial charge is 0.476 e. The molecule has 1 aliphatic carbocycles. The van der Waals surface area contributed by atoms with E-state index >= 15 is 4.39 Å². The van der Waals surface area contributed by atoms with Gasteiger partial charge in [-0.15, -0.1) is 0 Å². The molecule has 1 heterocycles. The monoisotopic (exact) mass is 464 g/mol.